The Kier molecular flexibility index (Phi) is 5.65. The Labute approximate surface area is 138 Å². The fourth-order valence-electron chi connectivity index (χ4n) is 4.13. The number of carbonyl (C=O) groups excluding carboxylic acids is 1. The molecule has 1 aromatic heterocycles. The standard InChI is InChI=1S/C17H29N5O/c1-13-19-16(21-20-13)9-10-18-17(23)8-7-14-5-4-12-22-11-3-2-6-15(14)22/h14-15H,2-12H2,1H3,(H,18,23)(H,19,20,21)/t14-,15+/m0/s1. The van der Waals surface area contributed by atoms with Crippen LogP contribution in [-0.2, 0) is 11.2 Å². The maximum atomic E-state index is 12.1. The first-order valence-electron chi connectivity index (χ1n) is 9.11. The summed E-state index contributed by atoms with van der Waals surface area (Å²) in [5.74, 6) is 2.48. The zero-order valence-corrected chi connectivity index (χ0v) is 14.2. The molecule has 2 N–H and O–H groups in total. The summed E-state index contributed by atoms with van der Waals surface area (Å²) in [5.41, 5.74) is 0. The van der Waals surface area contributed by atoms with Crippen LogP contribution in [0.2, 0.25) is 0 Å². The van der Waals surface area contributed by atoms with Crippen LogP contribution in [-0.4, -0.2) is 51.7 Å². The number of rotatable bonds is 6. The van der Waals surface area contributed by atoms with Crippen molar-refractivity contribution in [2.45, 2.75) is 64.3 Å². The summed E-state index contributed by atoms with van der Waals surface area (Å²) in [5, 5.41) is 9.91. The molecule has 6 nitrogen and oxygen atoms in total. The van der Waals surface area contributed by atoms with Gasteiger partial charge in [0.25, 0.3) is 0 Å². The van der Waals surface area contributed by atoms with E-state index in [1.807, 2.05) is 6.92 Å². The van der Waals surface area contributed by atoms with Crippen molar-refractivity contribution in [3.63, 3.8) is 0 Å². The molecule has 23 heavy (non-hydrogen) atoms. The third-order valence-electron chi connectivity index (χ3n) is 5.29. The van der Waals surface area contributed by atoms with Crippen molar-refractivity contribution in [3.05, 3.63) is 11.6 Å². The van der Waals surface area contributed by atoms with E-state index in [1.165, 1.54) is 45.2 Å². The van der Waals surface area contributed by atoms with Gasteiger partial charge in [-0.25, -0.2) is 4.98 Å². The van der Waals surface area contributed by atoms with E-state index >= 15 is 0 Å². The minimum absolute atomic E-state index is 0.171. The van der Waals surface area contributed by atoms with Crippen molar-refractivity contribution in [1.82, 2.24) is 25.4 Å². The first-order chi connectivity index (χ1) is 11.2. The monoisotopic (exact) mass is 319 g/mol. The molecule has 0 saturated carbocycles. The van der Waals surface area contributed by atoms with E-state index in [-0.39, 0.29) is 5.91 Å². The van der Waals surface area contributed by atoms with Crippen LogP contribution < -0.4 is 5.32 Å². The lowest BCUT2D eigenvalue weighted by Crippen LogP contribution is -2.48. The molecular formula is C17H29N5O. The molecule has 0 bridgehead atoms. The van der Waals surface area contributed by atoms with Crippen molar-refractivity contribution in [3.8, 4) is 0 Å². The van der Waals surface area contributed by atoms with Crippen LogP contribution in [0.15, 0.2) is 0 Å². The number of hydrogen-bond acceptors (Lipinski definition) is 4. The Morgan fingerprint density at radius 3 is 3.00 bits per heavy atom. The third-order valence-corrected chi connectivity index (χ3v) is 5.29. The highest BCUT2D eigenvalue weighted by molar-refractivity contribution is 5.75. The van der Waals surface area contributed by atoms with Gasteiger partial charge in [-0.2, -0.15) is 5.10 Å². The SMILES string of the molecule is Cc1nc(CCNC(=O)CC[C@@H]2CCCN3CCCC[C@H]23)n[nH]1. The molecule has 2 fully saturated rings. The highest BCUT2D eigenvalue weighted by Gasteiger charge is 2.32. The van der Waals surface area contributed by atoms with E-state index in [9.17, 15) is 4.79 Å². The second-order valence-corrected chi connectivity index (χ2v) is 6.98. The molecule has 2 atom stereocenters. The number of carbonyl (C=O) groups is 1. The number of aromatic nitrogens is 3. The molecule has 3 heterocycles. The van der Waals surface area contributed by atoms with E-state index in [1.54, 1.807) is 0 Å². The number of nitrogens with one attached hydrogen (secondary N) is 2. The summed E-state index contributed by atoms with van der Waals surface area (Å²) in [6.45, 7) is 5.04. The second kappa shape index (κ2) is 7.90. The smallest absolute Gasteiger partial charge is 0.220 e. The van der Waals surface area contributed by atoms with Crippen LogP contribution >= 0.6 is 0 Å². The van der Waals surface area contributed by atoms with E-state index < -0.39 is 0 Å². The van der Waals surface area contributed by atoms with E-state index in [2.05, 4.69) is 25.4 Å². The molecule has 6 heteroatoms. The molecule has 0 radical (unpaired) electrons. The van der Waals surface area contributed by atoms with Gasteiger partial charge in [-0.15, -0.1) is 0 Å². The summed E-state index contributed by atoms with van der Waals surface area (Å²) in [6.07, 6.45) is 9.02. The maximum Gasteiger partial charge on any atom is 0.220 e. The quantitative estimate of drug-likeness (QED) is 0.839. The minimum atomic E-state index is 0.171. The zero-order valence-electron chi connectivity index (χ0n) is 14.2. The molecule has 1 aromatic rings. The number of fused-ring (bicyclic) bond motifs is 1. The van der Waals surface area contributed by atoms with Crippen molar-refractivity contribution < 1.29 is 4.79 Å². The highest BCUT2D eigenvalue weighted by atomic mass is 16.1. The molecule has 1 amide bonds. The lowest BCUT2D eigenvalue weighted by molar-refractivity contribution is -0.121. The molecule has 2 aliphatic heterocycles. The lowest BCUT2D eigenvalue weighted by Gasteiger charge is -2.44. The van der Waals surface area contributed by atoms with Gasteiger partial charge < -0.3 is 10.2 Å². The first-order valence-corrected chi connectivity index (χ1v) is 9.11. The molecule has 2 aliphatic rings. The Morgan fingerprint density at radius 1 is 1.30 bits per heavy atom. The summed E-state index contributed by atoms with van der Waals surface area (Å²) in [6, 6.07) is 0.738. The molecule has 0 spiro atoms. The average Bonchev–Trinajstić information content (AvgIpc) is 2.98. The number of hydrogen-bond donors (Lipinski definition) is 2. The molecule has 0 aliphatic carbocycles. The lowest BCUT2D eigenvalue weighted by atomic mass is 9.81. The van der Waals surface area contributed by atoms with Crippen LogP contribution in [0.25, 0.3) is 0 Å². The van der Waals surface area contributed by atoms with Gasteiger partial charge in [-0.3, -0.25) is 9.89 Å². The van der Waals surface area contributed by atoms with Crippen LogP contribution in [0.1, 0.15) is 56.6 Å². The van der Waals surface area contributed by atoms with Gasteiger partial charge in [0, 0.05) is 25.4 Å². The first kappa shape index (κ1) is 16.4. The van der Waals surface area contributed by atoms with Gasteiger partial charge in [-0.1, -0.05) is 6.42 Å². The predicted octanol–water partition coefficient (Wildman–Crippen LogP) is 1.82. The van der Waals surface area contributed by atoms with Gasteiger partial charge in [-0.05, 0) is 58.0 Å². The largest absolute Gasteiger partial charge is 0.356 e. The van der Waals surface area contributed by atoms with Crippen LogP contribution in [0, 0.1) is 12.8 Å². The van der Waals surface area contributed by atoms with Crippen LogP contribution in [0.5, 0.6) is 0 Å². The molecule has 2 saturated heterocycles. The van der Waals surface area contributed by atoms with Gasteiger partial charge in [0.2, 0.25) is 5.91 Å². The molecule has 3 rings (SSSR count). The van der Waals surface area contributed by atoms with Gasteiger partial charge in [0.05, 0.1) is 0 Å². The van der Waals surface area contributed by atoms with Crippen LogP contribution in [0.3, 0.4) is 0 Å². The van der Waals surface area contributed by atoms with Crippen LogP contribution in [0.4, 0.5) is 0 Å². The minimum Gasteiger partial charge on any atom is -0.356 e. The average molecular weight is 319 g/mol. The Bertz CT molecular complexity index is 513. The Balaban J connectivity index is 1.36. The molecule has 0 aromatic carbocycles. The number of nitrogens with zero attached hydrogens (tertiary/aromatic N) is 3. The maximum absolute atomic E-state index is 12.1. The van der Waals surface area contributed by atoms with E-state index in [4.69, 9.17) is 0 Å². The zero-order chi connectivity index (χ0) is 16.1. The number of amides is 1. The summed E-state index contributed by atoms with van der Waals surface area (Å²) in [4.78, 5) is 19.0. The molecular weight excluding hydrogens is 290 g/mol. The summed E-state index contributed by atoms with van der Waals surface area (Å²) < 4.78 is 0. The van der Waals surface area contributed by atoms with Crippen molar-refractivity contribution in [2.24, 2.45) is 5.92 Å². The van der Waals surface area contributed by atoms with Gasteiger partial charge >= 0.3 is 0 Å². The Hall–Kier alpha value is -1.43. The number of aromatic amines is 1. The van der Waals surface area contributed by atoms with Crippen molar-refractivity contribution >= 4 is 5.91 Å². The highest BCUT2D eigenvalue weighted by Crippen LogP contribution is 2.33. The summed E-state index contributed by atoms with van der Waals surface area (Å²) >= 11 is 0. The topological polar surface area (TPSA) is 73.9 Å². The fourth-order valence-corrected chi connectivity index (χ4v) is 4.13. The molecule has 128 valence electrons. The predicted molar refractivity (Wildman–Crippen MR) is 89.0 cm³/mol. The normalized spacial score (nSPS) is 25.1. The number of aryl methyl sites for hydroxylation is 1. The number of H-pyrrole nitrogens is 1. The van der Waals surface area contributed by atoms with Gasteiger partial charge in [0.15, 0.2) is 5.82 Å². The van der Waals surface area contributed by atoms with E-state index in [0.29, 0.717) is 25.3 Å². The second-order valence-electron chi connectivity index (χ2n) is 6.98. The fraction of sp³-hybridized carbons (Fsp3) is 0.824. The van der Waals surface area contributed by atoms with E-state index in [0.717, 1.165) is 24.1 Å². The number of piperidine rings is 2. The summed E-state index contributed by atoms with van der Waals surface area (Å²) in [7, 11) is 0. The van der Waals surface area contributed by atoms with Gasteiger partial charge in [0.1, 0.15) is 5.82 Å². The molecule has 0 unspecified atom stereocenters. The Morgan fingerprint density at radius 2 is 2.17 bits per heavy atom. The third kappa shape index (κ3) is 4.53. The van der Waals surface area contributed by atoms with Crippen molar-refractivity contribution in [1.29, 1.82) is 0 Å². The van der Waals surface area contributed by atoms with Crippen molar-refractivity contribution in [2.75, 3.05) is 19.6 Å².